The van der Waals surface area contributed by atoms with E-state index < -0.39 is 0 Å². The number of hydrogen-bond donors (Lipinski definition) is 3. The number of rotatable bonds is 5. The van der Waals surface area contributed by atoms with Crippen molar-refractivity contribution in [2.45, 2.75) is 50.7 Å². The lowest BCUT2D eigenvalue weighted by atomic mass is 9.69. The van der Waals surface area contributed by atoms with E-state index in [-0.39, 0.29) is 23.4 Å². The van der Waals surface area contributed by atoms with Crippen molar-refractivity contribution in [3.05, 3.63) is 83.4 Å². The molecule has 5 nitrogen and oxygen atoms in total. The Kier molecular flexibility index (Phi) is 5.94. The molecule has 0 radical (unpaired) electrons. The van der Waals surface area contributed by atoms with E-state index in [4.69, 9.17) is 15.9 Å². The van der Waals surface area contributed by atoms with Crippen LogP contribution in [0.1, 0.15) is 49.3 Å². The molecular formula is C26H29N3O2. The molecule has 0 bridgehead atoms. The van der Waals surface area contributed by atoms with Gasteiger partial charge in [-0.15, -0.1) is 0 Å². The van der Waals surface area contributed by atoms with Crippen LogP contribution in [-0.2, 0) is 16.8 Å². The highest BCUT2D eigenvalue weighted by molar-refractivity contribution is 5.99. The summed E-state index contributed by atoms with van der Waals surface area (Å²) in [7, 11) is 0. The number of fused-ring (bicyclic) bond motifs is 1. The summed E-state index contributed by atoms with van der Waals surface area (Å²) in [4.78, 5) is 12.2. The minimum atomic E-state index is -0.343. The number of nitrogens with two attached hydrogens (primary N) is 1. The van der Waals surface area contributed by atoms with Crippen molar-refractivity contribution in [1.82, 2.24) is 5.32 Å². The van der Waals surface area contributed by atoms with Crippen molar-refractivity contribution in [2.24, 2.45) is 5.73 Å². The Hall–Kier alpha value is -3.34. The maximum atomic E-state index is 12.2. The average molecular weight is 416 g/mol. The first-order valence-electron chi connectivity index (χ1n) is 10.8. The largest absolute Gasteiger partial charge is 0.445 e. The molecule has 1 aliphatic rings. The van der Waals surface area contributed by atoms with Crippen LogP contribution in [0.2, 0.25) is 0 Å². The molecule has 0 atom stereocenters. The summed E-state index contributed by atoms with van der Waals surface area (Å²) in [6.45, 7) is 2.60. The number of amidine groups is 1. The van der Waals surface area contributed by atoms with Gasteiger partial charge in [-0.2, -0.15) is 0 Å². The fourth-order valence-corrected chi connectivity index (χ4v) is 4.41. The molecule has 31 heavy (non-hydrogen) atoms. The predicted octanol–water partition coefficient (Wildman–Crippen LogP) is 5.25. The van der Waals surface area contributed by atoms with Gasteiger partial charge in [0.1, 0.15) is 12.4 Å². The first-order valence-corrected chi connectivity index (χ1v) is 10.8. The predicted molar refractivity (Wildman–Crippen MR) is 124 cm³/mol. The van der Waals surface area contributed by atoms with Crippen LogP contribution in [0.4, 0.5) is 4.79 Å². The van der Waals surface area contributed by atoms with Gasteiger partial charge >= 0.3 is 6.09 Å². The highest BCUT2D eigenvalue weighted by Gasteiger charge is 2.33. The number of hydrogen-bond acceptors (Lipinski definition) is 3. The summed E-state index contributed by atoms with van der Waals surface area (Å²) in [6.07, 6.45) is 3.53. The zero-order chi connectivity index (χ0) is 21.8. The van der Waals surface area contributed by atoms with Crippen molar-refractivity contribution in [3.8, 4) is 0 Å². The first-order chi connectivity index (χ1) is 14.9. The second-order valence-corrected chi connectivity index (χ2v) is 8.73. The number of amides is 1. The fourth-order valence-electron chi connectivity index (χ4n) is 4.41. The maximum absolute atomic E-state index is 12.2. The van der Waals surface area contributed by atoms with Crippen LogP contribution < -0.4 is 11.1 Å². The Morgan fingerprint density at radius 2 is 1.74 bits per heavy atom. The van der Waals surface area contributed by atoms with Gasteiger partial charge in [0.2, 0.25) is 0 Å². The molecule has 0 aliphatic heterocycles. The van der Waals surface area contributed by atoms with E-state index in [0.29, 0.717) is 6.61 Å². The van der Waals surface area contributed by atoms with Crippen molar-refractivity contribution in [2.75, 3.05) is 0 Å². The van der Waals surface area contributed by atoms with Gasteiger partial charge in [-0.25, -0.2) is 4.79 Å². The number of benzene rings is 3. The Bertz CT molecular complexity index is 1090. The molecule has 0 spiro atoms. The van der Waals surface area contributed by atoms with E-state index >= 15 is 0 Å². The molecule has 3 aromatic carbocycles. The van der Waals surface area contributed by atoms with Crippen molar-refractivity contribution in [3.63, 3.8) is 0 Å². The molecule has 4 rings (SSSR count). The van der Waals surface area contributed by atoms with Crippen LogP contribution in [0, 0.1) is 5.41 Å². The molecule has 0 saturated heterocycles. The number of nitrogens with one attached hydrogen (secondary N) is 2. The minimum Gasteiger partial charge on any atom is -0.445 e. The van der Waals surface area contributed by atoms with Gasteiger partial charge < -0.3 is 15.8 Å². The smallest absolute Gasteiger partial charge is 0.407 e. The monoisotopic (exact) mass is 415 g/mol. The van der Waals surface area contributed by atoms with E-state index in [2.05, 4.69) is 30.4 Å². The third-order valence-corrected chi connectivity index (χ3v) is 6.47. The molecule has 1 fully saturated rings. The van der Waals surface area contributed by atoms with E-state index in [1.165, 1.54) is 5.56 Å². The Balaban J connectivity index is 1.35. The molecule has 4 N–H and O–H groups in total. The molecule has 0 aromatic heterocycles. The fraction of sp³-hybridized carbons (Fsp3) is 0.308. The van der Waals surface area contributed by atoms with Gasteiger partial charge in [-0.05, 0) is 59.1 Å². The average Bonchev–Trinajstić information content (AvgIpc) is 2.79. The summed E-state index contributed by atoms with van der Waals surface area (Å²) >= 11 is 0. The lowest BCUT2D eigenvalue weighted by Crippen LogP contribution is -2.41. The third-order valence-electron chi connectivity index (χ3n) is 6.47. The van der Waals surface area contributed by atoms with Gasteiger partial charge in [-0.1, -0.05) is 67.6 Å². The van der Waals surface area contributed by atoms with Crippen LogP contribution in [0.25, 0.3) is 10.8 Å². The molecule has 1 amide bonds. The summed E-state index contributed by atoms with van der Waals surface area (Å²) < 4.78 is 5.37. The van der Waals surface area contributed by atoms with E-state index in [1.807, 2.05) is 48.5 Å². The van der Waals surface area contributed by atoms with Crippen LogP contribution in [0.15, 0.2) is 66.7 Å². The Labute approximate surface area is 183 Å². The van der Waals surface area contributed by atoms with Gasteiger partial charge in [0.15, 0.2) is 0 Å². The summed E-state index contributed by atoms with van der Waals surface area (Å²) in [5.41, 5.74) is 8.75. The highest BCUT2D eigenvalue weighted by atomic mass is 16.5. The van der Waals surface area contributed by atoms with E-state index in [0.717, 1.165) is 47.6 Å². The maximum Gasteiger partial charge on any atom is 0.407 e. The number of carbonyl (C=O) groups is 1. The molecule has 160 valence electrons. The minimum absolute atomic E-state index is 0.0829. The number of ether oxygens (including phenoxy) is 1. The molecular weight excluding hydrogens is 386 g/mol. The molecule has 1 saturated carbocycles. The summed E-state index contributed by atoms with van der Waals surface area (Å²) in [5, 5.41) is 12.9. The number of nitrogen functional groups attached to an aromatic ring is 1. The number of alkyl carbamates (subject to hydrolysis) is 1. The molecule has 5 heteroatoms. The highest BCUT2D eigenvalue weighted by Crippen LogP contribution is 2.40. The van der Waals surface area contributed by atoms with Crippen molar-refractivity contribution in [1.29, 1.82) is 5.41 Å². The molecule has 0 unspecified atom stereocenters. The zero-order valence-electron chi connectivity index (χ0n) is 17.9. The summed E-state index contributed by atoms with van der Waals surface area (Å²) in [6, 6.07) is 22.3. The number of carbonyl (C=O) groups excluding carboxylic acids is 1. The zero-order valence-corrected chi connectivity index (χ0v) is 17.9. The van der Waals surface area contributed by atoms with Gasteiger partial charge in [-0.3, -0.25) is 5.41 Å². The SMILES string of the molecule is CC1(c2ccc3cc(C(=N)N)ccc3c2)CCC(NC(=O)OCc2ccccc2)CC1. The quantitative estimate of drug-likeness (QED) is 0.393. The topological polar surface area (TPSA) is 88.2 Å². The Morgan fingerprint density at radius 1 is 1.06 bits per heavy atom. The molecule has 0 heterocycles. The van der Waals surface area contributed by atoms with Crippen LogP contribution in [-0.4, -0.2) is 18.0 Å². The van der Waals surface area contributed by atoms with E-state index in [9.17, 15) is 4.79 Å². The molecule has 1 aliphatic carbocycles. The van der Waals surface area contributed by atoms with E-state index in [1.54, 1.807) is 0 Å². The van der Waals surface area contributed by atoms with Gasteiger partial charge in [0.05, 0.1) is 0 Å². The van der Waals surface area contributed by atoms with Crippen molar-refractivity contribution >= 4 is 22.7 Å². The van der Waals surface area contributed by atoms with Gasteiger partial charge in [0, 0.05) is 11.6 Å². The van der Waals surface area contributed by atoms with Crippen LogP contribution in [0.5, 0.6) is 0 Å². The standard InChI is InChI=1S/C26H29N3O2/c1-26(22-10-9-19-15-21(24(27)28)8-7-20(19)16-22)13-11-23(12-14-26)29-25(30)31-17-18-5-3-2-4-6-18/h2-10,15-16,23H,11-14,17H2,1H3,(H3,27,28)(H,29,30). The third kappa shape index (κ3) is 4.88. The molecule has 3 aromatic rings. The second-order valence-electron chi connectivity index (χ2n) is 8.73. The normalized spacial score (nSPS) is 20.9. The van der Waals surface area contributed by atoms with Gasteiger partial charge in [0.25, 0.3) is 0 Å². The Morgan fingerprint density at radius 3 is 2.45 bits per heavy atom. The lowest BCUT2D eigenvalue weighted by molar-refractivity contribution is 0.130. The first kappa shape index (κ1) is 20.9. The summed E-state index contributed by atoms with van der Waals surface area (Å²) in [5.74, 6) is 0.0889. The van der Waals surface area contributed by atoms with Crippen molar-refractivity contribution < 1.29 is 9.53 Å². The second kappa shape index (κ2) is 8.80. The lowest BCUT2D eigenvalue weighted by Gasteiger charge is -2.38. The van der Waals surface area contributed by atoms with Crippen LogP contribution >= 0.6 is 0 Å². The van der Waals surface area contributed by atoms with Crippen LogP contribution in [0.3, 0.4) is 0 Å².